The predicted molar refractivity (Wildman–Crippen MR) is 106 cm³/mol. The number of ether oxygens (including phenoxy) is 1. The highest BCUT2D eigenvalue weighted by molar-refractivity contribution is 7.12. The van der Waals surface area contributed by atoms with Crippen molar-refractivity contribution in [3.8, 4) is 5.00 Å². The van der Waals surface area contributed by atoms with E-state index in [1.807, 2.05) is 11.4 Å². The molecule has 0 fully saturated rings. The average molecular weight is 413 g/mol. The fraction of sp³-hybridized carbons (Fsp3) is 0.167. The summed E-state index contributed by atoms with van der Waals surface area (Å²) in [4.78, 5) is 36.2. The number of hydrogen-bond acceptors (Lipinski definition) is 8. The zero-order chi connectivity index (χ0) is 20.4. The van der Waals surface area contributed by atoms with Crippen LogP contribution in [0.3, 0.4) is 0 Å². The van der Waals surface area contributed by atoms with E-state index in [0.717, 1.165) is 0 Å². The summed E-state index contributed by atoms with van der Waals surface area (Å²) in [5.74, 6) is 0. The van der Waals surface area contributed by atoms with E-state index in [2.05, 4.69) is 15.7 Å². The number of nitrogens with zero attached hydrogens (tertiary/aromatic N) is 4. The summed E-state index contributed by atoms with van der Waals surface area (Å²) in [7, 11) is 0. The van der Waals surface area contributed by atoms with Crippen LogP contribution in [0.5, 0.6) is 0 Å². The normalized spacial score (nSPS) is 10.9. The van der Waals surface area contributed by atoms with Crippen molar-refractivity contribution in [3.05, 3.63) is 68.2 Å². The average Bonchev–Trinajstić information content (AvgIpc) is 3.32. The number of benzene rings is 1. The Labute approximate surface area is 166 Å². The Morgan fingerprint density at radius 1 is 1.24 bits per heavy atom. The van der Waals surface area contributed by atoms with Gasteiger partial charge in [-0.05, 0) is 52.6 Å². The van der Waals surface area contributed by atoms with Crippen LogP contribution in [-0.2, 0) is 11.3 Å². The molecule has 0 aliphatic carbocycles. The van der Waals surface area contributed by atoms with Crippen molar-refractivity contribution in [2.75, 3.05) is 11.9 Å². The fourth-order valence-electron chi connectivity index (χ4n) is 2.79. The zero-order valence-corrected chi connectivity index (χ0v) is 16.0. The molecule has 29 heavy (non-hydrogen) atoms. The molecule has 0 spiro atoms. The molecule has 4 aromatic rings. The summed E-state index contributed by atoms with van der Waals surface area (Å²) in [6, 6.07) is 9.72. The molecule has 148 valence electrons. The highest BCUT2D eigenvalue weighted by atomic mass is 32.1. The number of nitrogens with one attached hydrogen (secondary N) is 1. The second kappa shape index (κ2) is 7.72. The number of carbonyl (C=O) groups excluding carboxylic acids is 1. The maximum Gasteiger partial charge on any atom is 0.411 e. The summed E-state index contributed by atoms with van der Waals surface area (Å²) in [6.45, 7) is 1.97. The number of amides is 1. The van der Waals surface area contributed by atoms with Gasteiger partial charge in [0.15, 0.2) is 0 Å². The van der Waals surface area contributed by atoms with Crippen LogP contribution < -0.4 is 16.6 Å². The minimum atomic E-state index is -0.609. The van der Waals surface area contributed by atoms with E-state index in [1.165, 1.54) is 32.8 Å². The van der Waals surface area contributed by atoms with Crippen molar-refractivity contribution in [3.63, 3.8) is 0 Å². The van der Waals surface area contributed by atoms with E-state index in [-0.39, 0.29) is 18.7 Å². The van der Waals surface area contributed by atoms with E-state index in [9.17, 15) is 14.4 Å². The molecule has 1 amide bonds. The molecule has 4 rings (SSSR count). The molecule has 1 aromatic carbocycles. The Kier molecular flexibility index (Phi) is 4.96. The van der Waals surface area contributed by atoms with Gasteiger partial charge in [-0.25, -0.2) is 14.4 Å². The van der Waals surface area contributed by atoms with Crippen LogP contribution in [0.2, 0.25) is 0 Å². The number of rotatable bonds is 5. The molecule has 0 atom stereocenters. The summed E-state index contributed by atoms with van der Waals surface area (Å²) >= 11 is 1.36. The molecule has 11 heteroatoms. The third kappa shape index (κ3) is 3.80. The number of thiophene rings is 1. The minimum Gasteiger partial charge on any atom is -0.450 e. The van der Waals surface area contributed by atoms with Crippen LogP contribution in [0.15, 0.2) is 55.8 Å². The minimum absolute atomic E-state index is 0.0387. The Morgan fingerprint density at radius 2 is 2.10 bits per heavy atom. The summed E-state index contributed by atoms with van der Waals surface area (Å²) < 4.78 is 12.4. The molecule has 3 heterocycles. The summed E-state index contributed by atoms with van der Waals surface area (Å²) in [5.41, 5.74) is 0.214. The van der Waals surface area contributed by atoms with Gasteiger partial charge in [0.25, 0.3) is 0 Å². The molecular weight excluding hydrogens is 398 g/mol. The van der Waals surface area contributed by atoms with Crippen LogP contribution in [0, 0.1) is 0 Å². The number of anilines is 1. The summed E-state index contributed by atoms with van der Waals surface area (Å²) in [6.07, 6.45) is -0.609. The Bertz CT molecular complexity index is 1290. The topological polar surface area (TPSA) is 121 Å². The lowest BCUT2D eigenvalue weighted by Gasteiger charge is -2.08. The first-order valence-corrected chi connectivity index (χ1v) is 9.50. The largest absolute Gasteiger partial charge is 0.450 e. The third-order valence-corrected chi connectivity index (χ3v) is 4.87. The number of carbonyl (C=O) groups is 1. The second-order valence-electron chi connectivity index (χ2n) is 5.93. The monoisotopic (exact) mass is 413 g/mol. The first-order valence-electron chi connectivity index (χ1n) is 8.62. The SMILES string of the molecule is CCOC(=O)Nc1ccc2c(Cn3nnn(-c4cccs4)c3=O)cc(=O)oc2c1. The molecule has 0 saturated heterocycles. The lowest BCUT2D eigenvalue weighted by atomic mass is 10.1. The molecule has 0 bridgehead atoms. The van der Waals surface area contributed by atoms with Crippen LogP contribution in [-0.4, -0.2) is 32.5 Å². The van der Waals surface area contributed by atoms with Gasteiger partial charge in [-0.2, -0.15) is 9.36 Å². The Balaban J connectivity index is 1.68. The third-order valence-electron chi connectivity index (χ3n) is 4.03. The molecule has 10 nitrogen and oxygen atoms in total. The quantitative estimate of drug-likeness (QED) is 0.498. The molecular formula is C18H15N5O5S. The van der Waals surface area contributed by atoms with Gasteiger partial charge in [0.05, 0.1) is 13.2 Å². The van der Waals surface area contributed by atoms with E-state index < -0.39 is 17.4 Å². The van der Waals surface area contributed by atoms with E-state index >= 15 is 0 Å². The van der Waals surface area contributed by atoms with Crippen LogP contribution >= 0.6 is 11.3 Å². The maximum atomic E-state index is 12.6. The number of aromatic nitrogens is 4. The zero-order valence-electron chi connectivity index (χ0n) is 15.2. The van der Waals surface area contributed by atoms with Crippen molar-refractivity contribution in [1.82, 2.24) is 19.8 Å². The van der Waals surface area contributed by atoms with Gasteiger partial charge in [-0.3, -0.25) is 5.32 Å². The maximum absolute atomic E-state index is 12.6. The lowest BCUT2D eigenvalue weighted by molar-refractivity contribution is 0.168. The highest BCUT2D eigenvalue weighted by Gasteiger charge is 2.14. The fourth-order valence-corrected chi connectivity index (χ4v) is 3.46. The van der Waals surface area contributed by atoms with E-state index in [0.29, 0.717) is 21.6 Å². The van der Waals surface area contributed by atoms with Crippen molar-refractivity contribution < 1.29 is 13.9 Å². The smallest absolute Gasteiger partial charge is 0.411 e. The molecule has 0 radical (unpaired) electrons. The van der Waals surface area contributed by atoms with Crippen molar-refractivity contribution in [2.24, 2.45) is 0 Å². The first-order chi connectivity index (χ1) is 14.0. The van der Waals surface area contributed by atoms with Gasteiger partial charge in [-0.15, -0.1) is 11.3 Å². The van der Waals surface area contributed by atoms with Gasteiger partial charge >= 0.3 is 17.4 Å². The standard InChI is InChI=1S/C18H15N5O5S/c1-2-27-17(25)19-12-5-6-13-11(8-16(24)28-14(13)9-12)10-22-18(26)23(21-20-22)15-4-3-7-29-15/h3-9H,2,10H2,1H3,(H,19,25). The van der Waals surface area contributed by atoms with Crippen molar-refractivity contribution >= 4 is 34.1 Å². The Hall–Kier alpha value is -3.73. The van der Waals surface area contributed by atoms with Crippen LogP contribution in [0.25, 0.3) is 16.0 Å². The lowest BCUT2D eigenvalue weighted by Crippen LogP contribution is -2.24. The van der Waals surface area contributed by atoms with E-state index in [4.69, 9.17) is 9.15 Å². The van der Waals surface area contributed by atoms with Gasteiger partial charge in [-0.1, -0.05) is 0 Å². The summed E-state index contributed by atoms with van der Waals surface area (Å²) in [5, 5.41) is 13.4. The van der Waals surface area contributed by atoms with Crippen molar-refractivity contribution in [1.29, 1.82) is 0 Å². The number of tetrazole rings is 1. The van der Waals surface area contributed by atoms with Crippen LogP contribution in [0.1, 0.15) is 12.5 Å². The first kappa shape index (κ1) is 18.6. The molecule has 1 N–H and O–H groups in total. The van der Waals surface area contributed by atoms with Gasteiger partial charge in [0, 0.05) is 23.2 Å². The van der Waals surface area contributed by atoms with Crippen LogP contribution in [0.4, 0.5) is 10.5 Å². The van der Waals surface area contributed by atoms with Gasteiger partial charge in [0.2, 0.25) is 0 Å². The molecule has 3 aromatic heterocycles. The predicted octanol–water partition coefficient (Wildman–Crippen LogP) is 2.21. The molecule has 0 aliphatic heterocycles. The second-order valence-corrected chi connectivity index (χ2v) is 6.86. The number of fused-ring (bicyclic) bond motifs is 1. The molecule has 0 aliphatic rings. The number of hydrogen-bond donors (Lipinski definition) is 1. The van der Waals surface area contributed by atoms with E-state index in [1.54, 1.807) is 25.1 Å². The molecule has 0 unspecified atom stereocenters. The van der Waals surface area contributed by atoms with Gasteiger partial charge in [0.1, 0.15) is 10.6 Å². The van der Waals surface area contributed by atoms with Crippen molar-refractivity contribution in [2.45, 2.75) is 13.5 Å². The van der Waals surface area contributed by atoms with Gasteiger partial charge < -0.3 is 9.15 Å². The highest BCUT2D eigenvalue weighted by Crippen LogP contribution is 2.22. The Morgan fingerprint density at radius 3 is 2.86 bits per heavy atom. The molecule has 0 saturated carbocycles.